The summed E-state index contributed by atoms with van der Waals surface area (Å²) >= 11 is 0. The van der Waals surface area contributed by atoms with Crippen LogP contribution in [0.4, 0.5) is 0 Å². The number of H-pyrrole nitrogens is 1. The third kappa shape index (κ3) is 3.40. The first-order valence-corrected chi connectivity index (χ1v) is 7.31. The highest BCUT2D eigenvalue weighted by molar-refractivity contribution is 5.98. The summed E-state index contributed by atoms with van der Waals surface area (Å²) in [7, 11) is 0. The summed E-state index contributed by atoms with van der Waals surface area (Å²) in [6.45, 7) is 0.496. The van der Waals surface area contributed by atoms with Crippen LogP contribution in [0.15, 0.2) is 54.7 Å². The molecule has 2 aromatic carbocycles. The molecule has 1 aromatic heterocycles. The maximum absolute atomic E-state index is 12.1. The third-order valence-electron chi connectivity index (χ3n) is 3.72. The predicted octanol–water partition coefficient (Wildman–Crippen LogP) is 2.84. The minimum atomic E-state index is -0.940. The summed E-state index contributed by atoms with van der Waals surface area (Å²) in [6, 6.07) is 14.1. The number of carbonyl (C=O) groups excluding carboxylic acids is 1. The zero-order valence-corrected chi connectivity index (χ0v) is 12.4. The van der Waals surface area contributed by atoms with Crippen molar-refractivity contribution in [1.82, 2.24) is 10.3 Å². The van der Waals surface area contributed by atoms with Crippen LogP contribution in [0.25, 0.3) is 10.9 Å². The molecule has 0 bridgehead atoms. The van der Waals surface area contributed by atoms with Gasteiger partial charge in [0.15, 0.2) is 0 Å². The topological polar surface area (TPSA) is 82.2 Å². The standard InChI is InChI=1S/C18H16N2O3/c21-17(15-5-6-16-14(11-15)8-10-19-16)20-9-7-12-1-3-13(4-2-12)18(22)23/h1-6,8,10-11,19H,7,9H2,(H,20,21)(H,22,23). The van der Waals surface area contributed by atoms with Gasteiger partial charge >= 0.3 is 5.97 Å². The molecule has 0 saturated heterocycles. The second-order valence-corrected chi connectivity index (χ2v) is 5.29. The molecule has 3 rings (SSSR count). The predicted molar refractivity (Wildman–Crippen MR) is 87.7 cm³/mol. The first-order valence-electron chi connectivity index (χ1n) is 7.31. The SMILES string of the molecule is O=C(O)c1ccc(CCNC(=O)c2ccc3[nH]ccc3c2)cc1. The van der Waals surface area contributed by atoms with Crippen molar-refractivity contribution in [1.29, 1.82) is 0 Å². The average molecular weight is 308 g/mol. The summed E-state index contributed by atoms with van der Waals surface area (Å²) in [6.07, 6.45) is 2.49. The summed E-state index contributed by atoms with van der Waals surface area (Å²) in [4.78, 5) is 26.0. The van der Waals surface area contributed by atoms with E-state index in [1.54, 1.807) is 30.3 Å². The number of aromatic amines is 1. The molecule has 5 nitrogen and oxygen atoms in total. The van der Waals surface area contributed by atoms with Crippen molar-refractivity contribution in [2.75, 3.05) is 6.54 Å². The fraction of sp³-hybridized carbons (Fsp3) is 0.111. The number of hydrogen-bond acceptors (Lipinski definition) is 2. The lowest BCUT2D eigenvalue weighted by atomic mass is 10.1. The van der Waals surface area contributed by atoms with E-state index in [1.165, 1.54) is 0 Å². The van der Waals surface area contributed by atoms with Crippen molar-refractivity contribution in [3.05, 3.63) is 71.4 Å². The van der Waals surface area contributed by atoms with Gasteiger partial charge < -0.3 is 15.4 Å². The number of aromatic carboxylic acids is 1. The van der Waals surface area contributed by atoms with Crippen LogP contribution >= 0.6 is 0 Å². The number of carbonyl (C=O) groups is 2. The Balaban J connectivity index is 1.57. The molecule has 0 aliphatic rings. The van der Waals surface area contributed by atoms with Crippen LogP contribution in [0.3, 0.4) is 0 Å². The van der Waals surface area contributed by atoms with E-state index >= 15 is 0 Å². The Morgan fingerprint density at radius 3 is 2.48 bits per heavy atom. The van der Waals surface area contributed by atoms with E-state index < -0.39 is 5.97 Å². The number of rotatable bonds is 5. The second kappa shape index (κ2) is 6.36. The molecule has 0 radical (unpaired) electrons. The lowest BCUT2D eigenvalue weighted by Gasteiger charge is -2.06. The quantitative estimate of drug-likeness (QED) is 0.678. The van der Waals surface area contributed by atoms with E-state index in [9.17, 15) is 9.59 Å². The summed E-state index contributed by atoms with van der Waals surface area (Å²) in [5.74, 6) is -1.06. The minimum absolute atomic E-state index is 0.116. The molecule has 3 aromatic rings. The smallest absolute Gasteiger partial charge is 0.335 e. The molecule has 0 aliphatic carbocycles. The van der Waals surface area contributed by atoms with Crippen LogP contribution in [-0.2, 0) is 6.42 Å². The van der Waals surface area contributed by atoms with Crippen LogP contribution in [0.1, 0.15) is 26.3 Å². The second-order valence-electron chi connectivity index (χ2n) is 5.29. The van der Waals surface area contributed by atoms with Gasteiger partial charge in [-0.3, -0.25) is 4.79 Å². The van der Waals surface area contributed by atoms with Crippen LogP contribution < -0.4 is 5.32 Å². The van der Waals surface area contributed by atoms with Gasteiger partial charge in [-0.2, -0.15) is 0 Å². The lowest BCUT2D eigenvalue weighted by Crippen LogP contribution is -2.25. The molecule has 0 spiro atoms. The van der Waals surface area contributed by atoms with Gasteiger partial charge in [-0.15, -0.1) is 0 Å². The number of hydrogen-bond donors (Lipinski definition) is 3. The van der Waals surface area contributed by atoms with Crippen molar-refractivity contribution >= 4 is 22.8 Å². The number of carboxylic acids is 1. The van der Waals surface area contributed by atoms with Gasteiger partial charge in [0.2, 0.25) is 0 Å². The molecule has 0 atom stereocenters. The van der Waals surface area contributed by atoms with Gasteiger partial charge in [0, 0.05) is 29.2 Å². The molecule has 1 heterocycles. The number of aromatic nitrogens is 1. The van der Waals surface area contributed by atoms with E-state index in [4.69, 9.17) is 5.11 Å². The summed E-state index contributed by atoms with van der Waals surface area (Å²) < 4.78 is 0. The third-order valence-corrected chi connectivity index (χ3v) is 3.72. The Morgan fingerprint density at radius 2 is 1.74 bits per heavy atom. The van der Waals surface area contributed by atoms with Crippen molar-refractivity contribution in [3.63, 3.8) is 0 Å². The monoisotopic (exact) mass is 308 g/mol. The maximum Gasteiger partial charge on any atom is 0.335 e. The van der Waals surface area contributed by atoms with Gasteiger partial charge in [-0.25, -0.2) is 4.79 Å². The summed E-state index contributed by atoms with van der Waals surface area (Å²) in [5.41, 5.74) is 2.87. The average Bonchev–Trinajstić information content (AvgIpc) is 3.02. The van der Waals surface area contributed by atoms with E-state index in [2.05, 4.69) is 10.3 Å². The highest BCUT2D eigenvalue weighted by atomic mass is 16.4. The van der Waals surface area contributed by atoms with Gasteiger partial charge in [-0.05, 0) is 48.4 Å². The molecule has 0 aliphatic heterocycles. The normalized spacial score (nSPS) is 10.6. The molecular formula is C18H16N2O3. The molecule has 3 N–H and O–H groups in total. The highest BCUT2D eigenvalue weighted by Crippen LogP contribution is 2.14. The van der Waals surface area contributed by atoms with Gasteiger partial charge in [0.05, 0.1) is 5.56 Å². The number of carboxylic acid groups (broad SMARTS) is 1. The van der Waals surface area contributed by atoms with Crippen LogP contribution in [0.5, 0.6) is 0 Å². The first kappa shape index (κ1) is 14.8. The van der Waals surface area contributed by atoms with E-state index in [-0.39, 0.29) is 11.5 Å². The molecule has 116 valence electrons. The number of benzene rings is 2. The first-order chi connectivity index (χ1) is 11.1. The zero-order valence-electron chi connectivity index (χ0n) is 12.4. The number of fused-ring (bicyclic) bond motifs is 1. The molecular weight excluding hydrogens is 292 g/mol. The molecule has 0 saturated carbocycles. The van der Waals surface area contributed by atoms with E-state index in [0.29, 0.717) is 18.5 Å². The van der Waals surface area contributed by atoms with E-state index in [1.807, 2.05) is 24.4 Å². The number of amides is 1. The Kier molecular flexibility index (Phi) is 4.10. The van der Waals surface area contributed by atoms with Gasteiger partial charge in [-0.1, -0.05) is 12.1 Å². The Morgan fingerprint density at radius 1 is 1.00 bits per heavy atom. The minimum Gasteiger partial charge on any atom is -0.478 e. The van der Waals surface area contributed by atoms with Crippen molar-refractivity contribution < 1.29 is 14.7 Å². The largest absolute Gasteiger partial charge is 0.478 e. The van der Waals surface area contributed by atoms with Crippen LogP contribution in [-0.4, -0.2) is 28.5 Å². The van der Waals surface area contributed by atoms with Gasteiger partial charge in [0.25, 0.3) is 5.91 Å². The Hall–Kier alpha value is -3.08. The lowest BCUT2D eigenvalue weighted by molar-refractivity contribution is 0.0696. The summed E-state index contributed by atoms with van der Waals surface area (Å²) in [5, 5.41) is 12.7. The Labute approximate surface area is 133 Å². The van der Waals surface area contributed by atoms with Crippen molar-refractivity contribution in [2.45, 2.75) is 6.42 Å². The molecule has 23 heavy (non-hydrogen) atoms. The Bertz CT molecular complexity index is 850. The molecule has 5 heteroatoms. The van der Waals surface area contributed by atoms with Crippen molar-refractivity contribution in [3.8, 4) is 0 Å². The molecule has 1 amide bonds. The maximum atomic E-state index is 12.1. The molecule has 0 unspecified atom stereocenters. The fourth-order valence-corrected chi connectivity index (χ4v) is 2.43. The molecule has 0 fully saturated rings. The fourth-order valence-electron chi connectivity index (χ4n) is 2.43. The van der Waals surface area contributed by atoms with Crippen LogP contribution in [0, 0.1) is 0 Å². The van der Waals surface area contributed by atoms with Gasteiger partial charge in [0.1, 0.15) is 0 Å². The number of nitrogens with one attached hydrogen (secondary N) is 2. The highest BCUT2D eigenvalue weighted by Gasteiger charge is 2.07. The van der Waals surface area contributed by atoms with E-state index in [0.717, 1.165) is 16.5 Å². The van der Waals surface area contributed by atoms with Crippen molar-refractivity contribution in [2.24, 2.45) is 0 Å². The zero-order chi connectivity index (χ0) is 16.2. The van der Waals surface area contributed by atoms with Crippen LogP contribution in [0.2, 0.25) is 0 Å².